The Morgan fingerprint density at radius 1 is 1.42 bits per heavy atom. The van der Waals surface area contributed by atoms with Crippen LogP contribution < -0.4 is 10.9 Å². The summed E-state index contributed by atoms with van der Waals surface area (Å²) in [6, 6.07) is 0. The lowest BCUT2D eigenvalue weighted by Crippen LogP contribution is -2.58. The highest BCUT2D eigenvalue weighted by atomic mass is 32.2. The van der Waals surface area contributed by atoms with Gasteiger partial charge in [-0.1, -0.05) is 25.6 Å². The van der Waals surface area contributed by atoms with E-state index in [9.17, 15) is 0 Å². The Hall–Kier alpha value is -0.220. The number of amidine groups is 1. The number of hydrogen-bond acceptors (Lipinski definition) is 4. The van der Waals surface area contributed by atoms with E-state index in [2.05, 4.69) is 31.6 Å². The van der Waals surface area contributed by atoms with Gasteiger partial charge >= 0.3 is 0 Å². The first-order valence-electron chi connectivity index (χ1n) is 4.48. The molecule has 0 amide bonds. The number of nitrogens with one attached hydrogen (secondary N) is 2. The van der Waals surface area contributed by atoms with E-state index in [-0.39, 0.29) is 10.4 Å². The summed E-state index contributed by atoms with van der Waals surface area (Å²) in [5.41, 5.74) is 6.50. The molecule has 2 aliphatic heterocycles. The molecule has 2 N–H and O–H groups in total. The van der Waals surface area contributed by atoms with Gasteiger partial charge in [0.25, 0.3) is 0 Å². The Kier molecular flexibility index (Phi) is 1.67. The molecule has 1 saturated heterocycles. The average Bonchev–Trinajstić information content (AvgIpc) is 2.57. The summed E-state index contributed by atoms with van der Waals surface area (Å²) in [5.74, 6) is 0. The second-order valence-electron chi connectivity index (χ2n) is 3.54. The highest BCUT2D eigenvalue weighted by molar-refractivity contribution is 8.15. The molecule has 4 heteroatoms. The summed E-state index contributed by atoms with van der Waals surface area (Å²) in [4.78, 5) is 4.78. The quantitative estimate of drug-likeness (QED) is 0.684. The molecule has 68 valence electrons. The first-order valence-corrected chi connectivity index (χ1v) is 5.29. The fraction of sp³-hybridized carbons (Fsp3) is 0.875. The maximum atomic E-state index is 4.70. The Morgan fingerprint density at radius 2 is 2.08 bits per heavy atom. The zero-order valence-corrected chi connectivity index (χ0v) is 8.59. The molecule has 1 fully saturated rings. The van der Waals surface area contributed by atoms with Crippen LogP contribution in [-0.2, 0) is 0 Å². The van der Waals surface area contributed by atoms with E-state index in [0.717, 1.165) is 18.0 Å². The molecule has 12 heavy (non-hydrogen) atoms. The van der Waals surface area contributed by atoms with Gasteiger partial charge in [0, 0.05) is 0 Å². The van der Waals surface area contributed by atoms with Gasteiger partial charge in [-0.15, -0.1) is 0 Å². The van der Waals surface area contributed by atoms with Crippen molar-refractivity contribution in [1.29, 1.82) is 0 Å². The predicted molar refractivity (Wildman–Crippen MR) is 53.0 cm³/mol. The topological polar surface area (TPSA) is 36.4 Å². The number of fused-ring (bicyclic) bond motifs is 2. The lowest BCUT2D eigenvalue weighted by atomic mass is 9.85. The molecule has 0 spiro atoms. The fourth-order valence-corrected chi connectivity index (χ4v) is 3.40. The molecular formula is C8H15N3S. The second-order valence-corrected chi connectivity index (χ2v) is 4.95. The minimum absolute atomic E-state index is 0.0752. The lowest BCUT2D eigenvalue weighted by Gasteiger charge is -2.39. The highest BCUT2D eigenvalue weighted by Crippen LogP contribution is 2.49. The molecule has 0 aromatic heterocycles. The third-order valence-corrected chi connectivity index (χ3v) is 4.36. The Balaban J connectivity index is 2.38. The van der Waals surface area contributed by atoms with Crippen LogP contribution in [0.25, 0.3) is 0 Å². The predicted octanol–water partition coefficient (Wildman–Crippen LogP) is 1.47. The molecule has 0 saturated carbocycles. The van der Waals surface area contributed by atoms with Gasteiger partial charge < -0.3 is 0 Å². The van der Waals surface area contributed by atoms with E-state index in [1.165, 1.54) is 0 Å². The maximum absolute atomic E-state index is 4.70. The van der Waals surface area contributed by atoms with E-state index in [1.54, 1.807) is 0 Å². The number of rotatable bonds is 2. The monoisotopic (exact) mass is 185 g/mol. The van der Waals surface area contributed by atoms with Gasteiger partial charge in [-0.3, -0.25) is 10.4 Å². The smallest absolute Gasteiger partial charge is 0.173 e. The molecule has 1 atom stereocenters. The van der Waals surface area contributed by atoms with Crippen LogP contribution in [0, 0.1) is 0 Å². The summed E-state index contributed by atoms with van der Waals surface area (Å²) in [6.07, 6.45) is 2.20. The number of thioether (sulfide) groups is 1. The molecule has 0 radical (unpaired) electrons. The van der Waals surface area contributed by atoms with Crippen LogP contribution in [0.5, 0.6) is 0 Å². The van der Waals surface area contributed by atoms with Crippen molar-refractivity contribution in [2.24, 2.45) is 4.99 Å². The molecule has 2 aliphatic rings. The lowest BCUT2D eigenvalue weighted by molar-refractivity contribution is 0.251. The fourth-order valence-electron chi connectivity index (χ4n) is 2.06. The third kappa shape index (κ3) is 0.796. The summed E-state index contributed by atoms with van der Waals surface area (Å²) in [7, 11) is 0. The Bertz CT molecular complexity index is 234. The number of hydrazine groups is 1. The van der Waals surface area contributed by atoms with Gasteiger partial charge in [0.1, 0.15) is 4.87 Å². The van der Waals surface area contributed by atoms with Crippen molar-refractivity contribution in [3.8, 4) is 0 Å². The van der Waals surface area contributed by atoms with E-state index in [0.29, 0.717) is 0 Å². The number of nitrogens with zero attached hydrogens (tertiary/aromatic N) is 1. The van der Waals surface area contributed by atoms with Gasteiger partial charge in [0.2, 0.25) is 0 Å². The van der Waals surface area contributed by atoms with Gasteiger partial charge in [-0.05, 0) is 19.8 Å². The van der Waals surface area contributed by atoms with E-state index in [4.69, 9.17) is 4.99 Å². The minimum atomic E-state index is 0.0752. The summed E-state index contributed by atoms with van der Waals surface area (Å²) >= 11 is 1.82. The highest BCUT2D eigenvalue weighted by Gasteiger charge is 2.55. The number of hydrogen-bond donors (Lipinski definition) is 2. The summed E-state index contributed by atoms with van der Waals surface area (Å²) < 4.78 is 0. The molecule has 0 aromatic rings. The van der Waals surface area contributed by atoms with Crippen molar-refractivity contribution in [3.63, 3.8) is 0 Å². The van der Waals surface area contributed by atoms with E-state index >= 15 is 0 Å². The molecule has 0 aromatic carbocycles. The molecule has 2 rings (SSSR count). The molecule has 2 heterocycles. The van der Waals surface area contributed by atoms with Crippen molar-refractivity contribution in [1.82, 2.24) is 10.9 Å². The van der Waals surface area contributed by atoms with Gasteiger partial charge in [0.05, 0.1) is 5.54 Å². The SMILES string of the molecule is CCC1(CC)N=C2NNC1(C)S2. The van der Waals surface area contributed by atoms with Gasteiger partial charge in [0.15, 0.2) is 5.17 Å². The van der Waals surface area contributed by atoms with Crippen molar-refractivity contribution in [2.45, 2.75) is 44.0 Å². The summed E-state index contributed by atoms with van der Waals surface area (Å²) in [5, 5.41) is 1.06. The third-order valence-electron chi connectivity index (χ3n) is 3.08. The summed E-state index contributed by atoms with van der Waals surface area (Å²) in [6.45, 7) is 6.64. The van der Waals surface area contributed by atoms with Crippen LogP contribution >= 0.6 is 11.8 Å². The van der Waals surface area contributed by atoms with Crippen LogP contribution in [0.4, 0.5) is 0 Å². The molecule has 0 aliphatic carbocycles. The van der Waals surface area contributed by atoms with Crippen molar-refractivity contribution >= 4 is 16.9 Å². The zero-order chi connectivity index (χ0) is 8.82. The standard InChI is InChI=1S/C8H15N3S/c1-4-8(5-2)7(3)11-10-6(9-8)12-7/h11H,4-5H2,1-3H3,(H,9,10). The molecule has 3 nitrogen and oxygen atoms in total. The second kappa shape index (κ2) is 2.39. The van der Waals surface area contributed by atoms with Crippen LogP contribution in [0.2, 0.25) is 0 Å². The minimum Gasteiger partial charge on any atom is -0.299 e. The normalized spacial score (nSPS) is 36.4. The maximum Gasteiger partial charge on any atom is 0.173 e. The average molecular weight is 185 g/mol. The zero-order valence-electron chi connectivity index (χ0n) is 7.77. The largest absolute Gasteiger partial charge is 0.299 e. The van der Waals surface area contributed by atoms with E-state index < -0.39 is 0 Å². The van der Waals surface area contributed by atoms with Crippen molar-refractivity contribution in [2.75, 3.05) is 0 Å². The first-order chi connectivity index (χ1) is 5.66. The van der Waals surface area contributed by atoms with Crippen molar-refractivity contribution in [3.05, 3.63) is 0 Å². The Labute approximate surface area is 77.4 Å². The molecule has 2 bridgehead atoms. The van der Waals surface area contributed by atoms with Crippen LogP contribution in [0.15, 0.2) is 4.99 Å². The molecular weight excluding hydrogens is 170 g/mol. The van der Waals surface area contributed by atoms with Crippen LogP contribution in [0.3, 0.4) is 0 Å². The van der Waals surface area contributed by atoms with Crippen molar-refractivity contribution < 1.29 is 0 Å². The van der Waals surface area contributed by atoms with Gasteiger partial charge in [-0.25, -0.2) is 5.43 Å². The van der Waals surface area contributed by atoms with Crippen LogP contribution in [-0.4, -0.2) is 15.6 Å². The number of aliphatic imine (C=N–C) groups is 1. The van der Waals surface area contributed by atoms with E-state index in [1.807, 2.05) is 11.8 Å². The molecule has 1 unspecified atom stereocenters. The Morgan fingerprint density at radius 3 is 2.33 bits per heavy atom. The first kappa shape index (κ1) is 8.38. The van der Waals surface area contributed by atoms with Crippen LogP contribution in [0.1, 0.15) is 33.6 Å². The van der Waals surface area contributed by atoms with Gasteiger partial charge in [-0.2, -0.15) is 0 Å².